The van der Waals surface area contributed by atoms with Crippen LogP contribution in [0.15, 0.2) is 42.5 Å². The van der Waals surface area contributed by atoms with Crippen LogP contribution in [0.4, 0.5) is 0 Å². The summed E-state index contributed by atoms with van der Waals surface area (Å²) in [5, 5.41) is 8.99. The van der Waals surface area contributed by atoms with E-state index in [0.717, 1.165) is 30.1 Å². The van der Waals surface area contributed by atoms with E-state index < -0.39 is 5.97 Å². The third-order valence-corrected chi connectivity index (χ3v) is 3.44. The number of fused-ring (bicyclic) bond motifs is 1. The first kappa shape index (κ1) is 13.6. The monoisotopic (exact) mass is 284 g/mol. The average molecular weight is 284 g/mol. The van der Waals surface area contributed by atoms with Crippen LogP contribution in [-0.4, -0.2) is 34.1 Å². The molecule has 0 bridgehead atoms. The molecule has 1 aromatic heterocycles. The summed E-state index contributed by atoms with van der Waals surface area (Å²) in [4.78, 5) is 17.3. The highest BCUT2D eigenvalue weighted by molar-refractivity contribution is 5.85. The second kappa shape index (κ2) is 5.93. The molecule has 1 N–H and O–H groups in total. The van der Waals surface area contributed by atoms with Crippen LogP contribution >= 0.6 is 0 Å². The normalized spacial score (nSPS) is 14.9. The maximum absolute atomic E-state index is 11.0. The van der Waals surface area contributed by atoms with E-state index in [-0.39, 0.29) is 5.69 Å². The van der Waals surface area contributed by atoms with E-state index in [1.807, 2.05) is 24.3 Å². The maximum Gasteiger partial charge on any atom is 0.354 e. The van der Waals surface area contributed by atoms with Gasteiger partial charge in [-0.15, -0.1) is 0 Å². The summed E-state index contributed by atoms with van der Waals surface area (Å²) in [5.74, 6) is -0.0753. The van der Waals surface area contributed by atoms with Gasteiger partial charge in [0.05, 0.1) is 5.69 Å². The van der Waals surface area contributed by atoms with Crippen molar-refractivity contribution in [2.24, 2.45) is 0 Å². The first-order chi connectivity index (χ1) is 10.2. The largest absolute Gasteiger partial charge is 0.492 e. The Hall–Kier alpha value is -2.40. The van der Waals surface area contributed by atoms with Crippen molar-refractivity contribution in [3.8, 4) is 5.75 Å². The molecule has 2 aromatic rings. The van der Waals surface area contributed by atoms with Crippen LogP contribution in [0.2, 0.25) is 0 Å². The summed E-state index contributed by atoms with van der Waals surface area (Å²) in [6, 6.07) is 13.1. The zero-order valence-electron chi connectivity index (χ0n) is 11.5. The molecule has 0 radical (unpaired) electrons. The maximum atomic E-state index is 11.0. The molecule has 108 valence electrons. The number of hydrogen-bond donors (Lipinski definition) is 1. The average Bonchev–Trinajstić information content (AvgIpc) is 2.69. The number of benzene rings is 1. The Labute approximate surface area is 122 Å². The molecule has 0 atom stereocenters. The zero-order valence-corrected chi connectivity index (χ0v) is 11.5. The lowest BCUT2D eigenvalue weighted by Crippen LogP contribution is -2.26. The van der Waals surface area contributed by atoms with Gasteiger partial charge in [-0.1, -0.05) is 24.3 Å². The van der Waals surface area contributed by atoms with Crippen LogP contribution in [0, 0.1) is 0 Å². The lowest BCUT2D eigenvalue weighted by molar-refractivity contribution is 0.0689. The van der Waals surface area contributed by atoms with Gasteiger partial charge < -0.3 is 9.84 Å². The van der Waals surface area contributed by atoms with Gasteiger partial charge in [0, 0.05) is 25.2 Å². The molecule has 0 amide bonds. The highest BCUT2D eigenvalue weighted by atomic mass is 16.5. The molecular formula is C16H16N2O3. The van der Waals surface area contributed by atoms with Crippen molar-refractivity contribution in [2.75, 3.05) is 13.2 Å². The fourth-order valence-corrected chi connectivity index (χ4v) is 2.43. The number of rotatable bonds is 3. The standard InChI is InChI=1S/C16H16N2O3/c19-16(20)14-6-3-5-13(17-14)11-18-8-9-21-15-7-2-1-4-12(15)10-18/h1-7H,8-11H2,(H,19,20). The summed E-state index contributed by atoms with van der Waals surface area (Å²) in [6.45, 7) is 2.79. The van der Waals surface area contributed by atoms with Crippen LogP contribution in [0.1, 0.15) is 21.7 Å². The van der Waals surface area contributed by atoms with E-state index in [9.17, 15) is 4.79 Å². The third kappa shape index (κ3) is 3.20. The van der Waals surface area contributed by atoms with E-state index in [4.69, 9.17) is 9.84 Å². The summed E-state index contributed by atoms with van der Waals surface area (Å²) < 4.78 is 5.72. The van der Waals surface area contributed by atoms with Gasteiger partial charge in [-0.25, -0.2) is 9.78 Å². The molecule has 21 heavy (non-hydrogen) atoms. The molecular weight excluding hydrogens is 268 g/mol. The minimum atomic E-state index is -0.999. The molecule has 0 fully saturated rings. The molecule has 0 aliphatic carbocycles. The highest BCUT2D eigenvalue weighted by Crippen LogP contribution is 2.23. The van der Waals surface area contributed by atoms with Crippen LogP contribution in [0.3, 0.4) is 0 Å². The fourth-order valence-electron chi connectivity index (χ4n) is 2.43. The molecule has 0 spiro atoms. The van der Waals surface area contributed by atoms with Crippen molar-refractivity contribution in [3.05, 3.63) is 59.4 Å². The second-order valence-corrected chi connectivity index (χ2v) is 4.99. The Morgan fingerprint density at radius 2 is 2.10 bits per heavy atom. The van der Waals surface area contributed by atoms with Crippen molar-refractivity contribution < 1.29 is 14.6 Å². The predicted molar refractivity (Wildman–Crippen MR) is 77.2 cm³/mol. The Balaban J connectivity index is 1.76. The van der Waals surface area contributed by atoms with Crippen molar-refractivity contribution in [2.45, 2.75) is 13.1 Å². The van der Waals surface area contributed by atoms with Gasteiger partial charge in [-0.2, -0.15) is 0 Å². The Morgan fingerprint density at radius 3 is 2.95 bits per heavy atom. The Morgan fingerprint density at radius 1 is 1.24 bits per heavy atom. The summed E-state index contributed by atoms with van der Waals surface area (Å²) >= 11 is 0. The third-order valence-electron chi connectivity index (χ3n) is 3.44. The Bertz CT molecular complexity index is 657. The van der Waals surface area contributed by atoms with E-state index in [0.29, 0.717) is 13.2 Å². The van der Waals surface area contributed by atoms with Crippen molar-refractivity contribution in [1.82, 2.24) is 9.88 Å². The van der Waals surface area contributed by atoms with Gasteiger partial charge in [0.1, 0.15) is 18.1 Å². The van der Waals surface area contributed by atoms with Crippen LogP contribution in [0.5, 0.6) is 5.75 Å². The minimum absolute atomic E-state index is 0.0824. The van der Waals surface area contributed by atoms with E-state index in [1.165, 1.54) is 6.07 Å². The molecule has 1 aliphatic rings. The van der Waals surface area contributed by atoms with Crippen LogP contribution in [-0.2, 0) is 13.1 Å². The number of nitrogens with zero attached hydrogens (tertiary/aromatic N) is 2. The predicted octanol–water partition coefficient (Wildman–Crippen LogP) is 2.17. The fraction of sp³-hybridized carbons (Fsp3) is 0.250. The topological polar surface area (TPSA) is 62.7 Å². The van der Waals surface area contributed by atoms with Gasteiger partial charge in [-0.05, 0) is 18.2 Å². The van der Waals surface area contributed by atoms with E-state index >= 15 is 0 Å². The molecule has 5 nitrogen and oxygen atoms in total. The van der Waals surface area contributed by atoms with Crippen LogP contribution < -0.4 is 4.74 Å². The second-order valence-electron chi connectivity index (χ2n) is 4.99. The number of aromatic carboxylic acids is 1. The number of carbonyl (C=O) groups is 1. The molecule has 0 saturated heterocycles. The van der Waals surface area contributed by atoms with E-state index in [2.05, 4.69) is 16.0 Å². The van der Waals surface area contributed by atoms with Gasteiger partial charge >= 0.3 is 5.97 Å². The number of hydrogen-bond acceptors (Lipinski definition) is 4. The molecule has 3 rings (SSSR count). The zero-order chi connectivity index (χ0) is 14.7. The molecule has 1 aromatic carbocycles. The van der Waals surface area contributed by atoms with Crippen molar-refractivity contribution in [3.63, 3.8) is 0 Å². The molecule has 2 heterocycles. The molecule has 0 unspecified atom stereocenters. The number of carboxylic acid groups (broad SMARTS) is 1. The number of para-hydroxylation sites is 1. The van der Waals surface area contributed by atoms with Gasteiger partial charge in [0.25, 0.3) is 0 Å². The van der Waals surface area contributed by atoms with Gasteiger partial charge in [0.2, 0.25) is 0 Å². The summed E-state index contributed by atoms with van der Waals surface area (Å²) in [5.41, 5.74) is 1.98. The number of pyridine rings is 1. The lowest BCUT2D eigenvalue weighted by atomic mass is 10.2. The molecule has 1 aliphatic heterocycles. The summed E-state index contributed by atoms with van der Waals surface area (Å²) in [7, 11) is 0. The summed E-state index contributed by atoms with van der Waals surface area (Å²) in [6.07, 6.45) is 0. The lowest BCUT2D eigenvalue weighted by Gasteiger charge is -2.18. The van der Waals surface area contributed by atoms with Crippen LogP contribution in [0.25, 0.3) is 0 Å². The Kier molecular flexibility index (Phi) is 3.83. The SMILES string of the molecule is O=C(O)c1cccc(CN2CCOc3ccccc3C2)n1. The number of aromatic nitrogens is 1. The van der Waals surface area contributed by atoms with Gasteiger partial charge in [0.15, 0.2) is 0 Å². The highest BCUT2D eigenvalue weighted by Gasteiger charge is 2.16. The quantitative estimate of drug-likeness (QED) is 0.936. The first-order valence-electron chi connectivity index (χ1n) is 6.84. The molecule has 0 saturated carbocycles. The number of carboxylic acids is 1. The van der Waals surface area contributed by atoms with Crippen molar-refractivity contribution >= 4 is 5.97 Å². The smallest absolute Gasteiger partial charge is 0.354 e. The van der Waals surface area contributed by atoms with Gasteiger partial charge in [-0.3, -0.25) is 4.90 Å². The minimum Gasteiger partial charge on any atom is -0.492 e. The van der Waals surface area contributed by atoms with Crippen molar-refractivity contribution in [1.29, 1.82) is 0 Å². The first-order valence-corrected chi connectivity index (χ1v) is 6.84. The number of ether oxygens (including phenoxy) is 1. The van der Waals surface area contributed by atoms with E-state index in [1.54, 1.807) is 6.07 Å². The molecule has 5 heteroatoms.